The molecule has 1 heterocycles. The normalized spacial score (nSPS) is 13.7. The van der Waals surface area contributed by atoms with Crippen molar-refractivity contribution in [2.45, 2.75) is 37.4 Å². The third-order valence-corrected chi connectivity index (χ3v) is 3.93. The van der Waals surface area contributed by atoms with Gasteiger partial charge in [0, 0.05) is 12.8 Å². The monoisotopic (exact) mass is 297 g/mol. The summed E-state index contributed by atoms with van der Waals surface area (Å²) >= 11 is 1.38. The van der Waals surface area contributed by atoms with Gasteiger partial charge in [-0.3, -0.25) is 24.7 Å². The lowest BCUT2D eigenvalue weighted by Crippen LogP contribution is -2.40. The lowest BCUT2D eigenvalue weighted by Gasteiger charge is -2.22. The minimum atomic E-state index is -0.778. The average Bonchev–Trinajstić information content (AvgIpc) is 2.40. The van der Waals surface area contributed by atoms with E-state index in [1.165, 1.54) is 16.4 Å². The molecule has 0 aliphatic heterocycles. The molecule has 1 atom stereocenters. The third kappa shape index (κ3) is 4.51. The van der Waals surface area contributed by atoms with Crippen LogP contribution in [0, 0.1) is 11.3 Å². The summed E-state index contributed by atoms with van der Waals surface area (Å²) in [5, 5.41) is 15.1. The Morgan fingerprint density at radius 1 is 1.55 bits per heavy atom. The van der Waals surface area contributed by atoms with Gasteiger partial charge in [0.05, 0.1) is 6.07 Å². The van der Waals surface area contributed by atoms with E-state index in [0.717, 1.165) is 18.7 Å². The van der Waals surface area contributed by atoms with Crippen LogP contribution in [0.15, 0.2) is 14.7 Å². The molecular weight excluding hydrogens is 278 g/mol. The van der Waals surface area contributed by atoms with Gasteiger partial charge < -0.3 is 0 Å². The Kier molecular flexibility index (Phi) is 5.98. The average molecular weight is 297 g/mol. The van der Waals surface area contributed by atoms with Gasteiger partial charge in [-0.05, 0) is 26.3 Å². The fraction of sp³-hybridized carbons (Fsp3) is 0.667. The molecule has 2 N–H and O–H groups in total. The van der Waals surface area contributed by atoms with Crippen LogP contribution in [0.2, 0.25) is 0 Å². The molecule has 20 heavy (non-hydrogen) atoms. The summed E-state index contributed by atoms with van der Waals surface area (Å²) < 4.78 is 1.43. The van der Waals surface area contributed by atoms with Crippen LogP contribution >= 0.6 is 11.8 Å². The number of aryl methyl sites for hydroxylation is 1. The van der Waals surface area contributed by atoms with Gasteiger partial charge in [0.15, 0.2) is 5.16 Å². The number of thioether (sulfide) groups is 1. The van der Waals surface area contributed by atoms with Gasteiger partial charge in [0.25, 0.3) is 0 Å². The van der Waals surface area contributed by atoms with Crippen molar-refractivity contribution in [1.29, 1.82) is 5.26 Å². The van der Waals surface area contributed by atoms with E-state index in [9.17, 15) is 9.59 Å². The summed E-state index contributed by atoms with van der Waals surface area (Å²) in [6.45, 7) is 4.58. The first-order valence-electron chi connectivity index (χ1n) is 6.38. The van der Waals surface area contributed by atoms with Crippen molar-refractivity contribution < 1.29 is 0 Å². The highest BCUT2D eigenvalue weighted by molar-refractivity contribution is 7.99. The Labute approximate surface area is 121 Å². The Morgan fingerprint density at radius 2 is 2.25 bits per heavy atom. The highest BCUT2D eigenvalue weighted by Crippen LogP contribution is 2.17. The summed E-state index contributed by atoms with van der Waals surface area (Å²) in [5.74, 6) is 0.717. The fourth-order valence-electron chi connectivity index (χ4n) is 1.75. The Balaban J connectivity index is 2.54. The molecule has 8 heteroatoms. The van der Waals surface area contributed by atoms with Crippen molar-refractivity contribution in [3.63, 3.8) is 0 Å². The molecule has 0 bridgehead atoms. The Hall–Kier alpha value is -1.59. The summed E-state index contributed by atoms with van der Waals surface area (Å²) in [6, 6.07) is 2.27. The molecule has 0 fully saturated rings. The van der Waals surface area contributed by atoms with Gasteiger partial charge in [-0.15, -0.1) is 0 Å². The van der Waals surface area contributed by atoms with Gasteiger partial charge in [-0.2, -0.15) is 10.2 Å². The number of nitrogens with zero attached hydrogens (tertiary/aromatic N) is 3. The van der Waals surface area contributed by atoms with Crippen LogP contribution in [0.25, 0.3) is 0 Å². The summed E-state index contributed by atoms with van der Waals surface area (Å²) in [7, 11) is 1.63. The molecule has 0 aliphatic carbocycles. The minimum absolute atomic E-state index is 0.469. The van der Waals surface area contributed by atoms with E-state index in [-0.39, 0.29) is 0 Å². The number of aromatic nitrogens is 3. The van der Waals surface area contributed by atoms with E-state index >= 15 is 0 Å². The molecule has 110 valence electrons. The molecule has 0 spiro atoms. The molecule has 0 aliphatic rings. The molecule has 1 aromatic heterocycles. The highest BCUT2D eigenvalue weighted by Gasteiger charge is 2.21. The second-order valence-electron chi connectivity index (χ2n) is 4.63. The first kappa shape index (κ1) is 16.5. The number of hydrogen-bond donors (Lipinski definition) is 2. The van der Waals surface area contributed by atoms with Crippen molar-refractivity contribution >= 4 is 11.8 Å². The second-order valence-corrected chi connectivity index (χ2v) is 5.69. The lowest BCUT2D eigenvalue weighted by atomic mass is 9.98. The smallest absolute Gasteiger partial charge is 0.300 e. The van der Waals surface area contributed by atoms with Crippen LogP contribution in [0.4, 0.5) is 0 Å². The minimum Gasteiger partial charge on any atom is -0.300 e. The van der Waals surface area contributed by atoms with Crippen LogP contribution in [-0.4, -0.2) is 32.6 Å². The van der Waals surface area contributed by atoms with Crippen molar-refractivity contribution in [3.05, 3.63) is 20.7 Å². The fourth-order valence-corrected chi connectivity index (χ4v) is 2.61. The Bertz CT molecular complexity index is 603. The molecule has 0 saturated carbocycles. The van der Waals surface area contributed by atoms with Crippen molar-refractivity contribution in [1.82, 2.24) is 20.1 Å². The van der Waals surface area contributed by atoms with E-state index in [4.69, 9.17) is 5.26 Å². The van der Waals surface area contributed by atoms with Gasteiger partial charge >= 0.3 is 11.1 Å². The predicted octanol–water partition coefficient (Wildman–Crippen LogP) is 0.233. The van der Waals surface area contributed by atoms with Crippen LogP contribution in [0.3, 0.4) is 0 Å². The van der Waals surface area contributed by atoms with Crippen molar-refractivity contribution in [2.75, 3.05) is 12.3 Å². The number of nitrogens with one attached hydrogen (secondary N) is 2. The predicted molar refractivity (Wildman–Crippen MR) is 77.8 cm³/mol. The number of rotatable bonds is 7. The summed E-state index contributed by atoms with van der Waals surface area (Å²) in [4.78, 5) is 25.9. The van der Waals surface area contributed by atoms with Crippen LogP contribution in [0.1, 0.15) is 26.7 Å². The molecule has 7 nitrogen and oxygen atoms in total. The molecule has 1 aromatic rings. The zero-order valence-corrected chi connectivity index (χ0v) is 12.7. The van der Waals surface area contributed by atoms with Gasteiger partial charge in [0.2, 0.25) is 0 Å². The van der Waals surface area contributed by atoms with Crippen LogP contribution in [0.5, 0.6) is 0 Å². The quantitative estimate of drug-likeness (QED) is 0.424. The van der Waals surface area contributed by atoms with Crippen LogP contribution < -0.4 is 16.4 Å². The summed E-state index contributed by atoms with van der Waals surface area (Å²) in [6.07, 6.45) is 1.51. The van der Waals surface area contributed by atoms with E-state index in [1.807, 2.05) is 13.8 Å². The lowest BCUT2D eigenvalue weighted by molar-refractivity contribution is 0.426. The first-order valence-corrected chi connectivity index (χ1v) is 7.37. The van der Waals surface area contributed by atoms with Gasteiger partial charge in [-0.1, -0.05) is 18.7 Å². The zero-order valence-electron chi connectivity index (χ0n) is 11.9. The molecule has 0 radical (unpaired) electrons. The molecule has 0 aromatic carbocycles. The topological polar surface area (TPSA) is 104 Å². The Morgan fingerprint density at radius 3 is 2.85 bits per heavy atom. The number of nitriles is 1. The third-order valence-electron chi connectivity index (χ3n) is 2.81. The highest BCUT2D eigenvalue weighted by atomic mass is 32.2. The standard InChI is InChI=1S/C12H19N5O2S/c1-4-14-12(2,8-13)6-5-7-20-11-15-9(18)10(19)16-17(11)3/h14H,4-7H2,1-3H3,(H,16,19). The van der Waals surface area contributed by atoms with Gasteiger partial charge in [0.1, 0.15) is 5.54 Å². The van der Waals surface area contributed by atoms with E-state index in [2.05, 4.69) is 21.5 Å². The second kappa shape index (κ2) is 7.26. The van der Waals surface area contributed by atoms with E-state index in [1.54, 1.807) is 7.05 Å². The molecule has 1 rings (SSSR count). The zero-order chi connectivity index (χ0) is 15.2. The van der Waals surface area contributed by atoms with Crippen molar-refractivity contribution in [2.24, 2.45) is 7.05 Å². The molecule has 0 saturated heterocycles. The van der Waals surface area contributed by atoms with Crippen LogP contribution in [-0.2, 0) is 7.05 Å². The number of H-pyrrole nitrogens is 1. The number of aromatic amines is 1. The maximum absolute atomic E-state index is 11.2. The molecule has 1 unspecified atom stereocenters. The maximum atomic E-state index is 11.2. The van der Waals surface area contributed by atoms with Crippen molar-refractivity contribution in [3.8, 4) is 6.07 Å². The number of hydrogen-bond acceptors (Lipinski definition) is 6. The molecular formula is C12H19N5O2S. The first-order chi connectivity index (χ1) is 9.41. The summed E-state index contributed by atoms with van der Waals surface area (Å²) in [5.41, 5.74) is -2.03. The molecule has 0 amide bonds. The SMILES string of the molecule is CCNC(C)(C#N)CCCSc1nc(=O)c(=O)[nH]n1C. The maximum Gasteiger partial charge on any atom is 0.339 e. The van der Waals surface area contributed by atoms with E-state index < -0.39 is 16.7 Å². The van der Waals surface area contributed by atoms with Gasteiger partial charge in [-0.25, -0.2) is 0 Å². The van der Waals surface area contributed by atoms with E-state index in [0.29, 0.717) is 11.6 Å². The largest absolute Gasteiger partial charge is 0.339 e.